The van der Waals surface area contributed by atoms with E-state index in [0.29, 0.717) is 25.3 Å². The van der Waals surface area contributed by atoms with Crippen molar-refractivity contribution in [3.8, 4) is 0 Å². The summed E-state index contributed by atoms with van der Waals surface area (Å²) in [4.78, 5) is 29.6. The zero-order chi connectivity index (χ0) is 17.1. The molecule has 24 heavy (non-hydrogen) atoms. The van der Waals surface area contributed by atoms with E-state index in [1.165, 1.54) is 12.3 Å². The number of aromatic carboxylic acids is 1. The van der Waals surface area contributed by atoms with Gasteiger partial charge in [0.1, 0.15) is 5.69 Å². The Morgan fingerprint density at radius 2 is 2.25 bits per heavy atom. The fraction of sp³-hybridized carbons (Fsp3) is 0.588. The highest BCUT2D eigenvalue weighted by Gasteiger charge is 2.40. The normalized spacial score (nSPS) is 27.2. The van der Waals surface area contributed by atoms with E-state index in [1.807, 2.05) is 4.90 Å². The van der Waals surface area contributed by atoms with Gasteiger partial charge >= 0.3 is 5.97 Å². The quantitative estimate of drug-likeness (QED) is 0.896. The third-order valence-electron chi connectivity index (χ3n) is 4.95. The number of morpholine rings is 1. The number of carboxylic acid groups (broad SMARTS) is 1. The lowest BCUT2D eigenvalue weighted by Gasteiger charge is -2.40. The van der Waals surface area contributed by atoms with Gasteiger partial charge < -0.3 is 19.5 Å². The van der Waals surface area contributed by atoms with Gasteiger partial charge in [-0.2, -0.15) is 0 Å². The molecule has 7 heteroatoms. The summed E-state index contributed by atoms with van der Waals surface area (Å²) in [5, 5.41) is 9.07. The summed E-state index contributed by atoms with van der Waals surface area (Å²) in [6, 6.07) is 2.85. The molecule has 0 bridgehead atoms. The van der Waals surface area contributed by atoms with Crippen molar-refractivity contribution in [2.45, 2.75) is 31.4 Å². The molecule has 1 saturated carbocycles. The smallest absolute Gasteiger partial charge is 0.354 e. The van der Waals surface area contributed by atoms with E-state index in [9.17, 15) is 9.59 Å². The molecular formula is C17H22N2O5. The molecule has 2 fully saturated rings. The second-order valence-corrected chi connectivity index (χ2v) is 6.24. The predicted octanol–water partition coefficient (Wildman–Crippen LogP) is 1.44. The number of amides is 1. The van der Waals surface area contributed by atoms with Gasteiger partial charge in [0.15, 0.2) is 0 Å². The van der Waals surface area contributed by atoms with E-state index in [1.54, 1.807) is 13.2 Å². The average Bonchev–Trinajstić information content (AvgIpc) is 3.09. The molecule has 0 spiro atoms. The first-order valence-corrected chi connectivity index (χ1v) is 8.22. The van der Waals surface area contributed by atoms with Crippen LogP contribution in [-0.4, -0.2) is 65.9 Å². The third-order valence-corrected chi connectivity index (χ3v) is 4.95. The Labute approximate surface area is 140 Å². The molecular weight excluding hydrogens is 312 g/mol. The van der Waals surface area contributed by atoms with Crippen LogP contribution in [-0.2, 0) is 9.47 Å². The number of carboxylic acids is 1. The van der Waals surface area contributed by atoms with Crippen LogP contribution in [0.5, 0.6) is 0 Å². The Morgan fingerprint density at radius 3 is 3.00 bits per heavy atom. The number of aromatic nitrogens is 1. The molecule has 3 rings (SSSR count). The lowest BCUT2D eigenvalue weighted by atomic mass is 9.93. The molecule has 7 nitrogen and oxygen atoms in total. The second kappa shape index (κ2) is 7.27. The first-order chi connectivity index (χ1) is 11.6. The summed E-state index contributed by atoms with van der Waals surface area (Å²) in [6.07, 6.45) is 4.59. The van der Waals surface area contributed by atoms with Gasteiger partial charge in [-0.1, -0.05) is 6.42 Å². The molecule has 0 radical (unpaired) electrons. The lowest BCUT2D eigenvalue weighted by Crippen LogP contribution is -2.53. The van der Waals surface area contributed by atoms with Gasteiger partial charge in [-0.15, -0.1) is 0 Å². The molecule has 2 aliphatic rings. The first kappa shape index (κ1) is 16.9. The minimum atomic E-state index is -1.14. The van der Waals surface area contributed by atoms with Crippen LogP contribution in [0.3, 0.4) is 0 Å². The molecule has 0 aromatic carbocycles. The minimum absolute atomic E-state index is 0.0415. The molecule has 1 aromatic heterocycles. The van der Waals surface area contributed by atoms with Crippen LogP contribution < -0.4 is 0 Å². The molecule has 1 amide bonds. The standard InChI is InChI=1S/C17H22N2O5/c1-23-15-4-2-3-12(15)14-10-24-8-7-19(14)16(20)11-5-6-18-13(9-11)17(21)22/h5-6,9,12,14-15H,2-4,7-8,10H2,1H3,(H,21,22). The molecule has 1 N–H and O–H groups in total. The molecule has 1 aliphatic carbocycles. The van der Waals surface area contributed by atoms with Gasteiger partial charge in [-0.05, 0) is 25.0 Å². The molecule has 1 aromatic rings. The van der Waals surface area contributed by atoms with Gasteiger partial charge in [0.25, 0.3) is 5.91 Å². The number of methoxy groups -OCH3 is 1. The Balaban J connectivity index is 1.83. The number of rotatable bonds is 4. The van der Waals surface area contributed by atoms with Crippen LogP contribution in [0.15, 0.2) is 18.3 Å². The van der Waals surface area contributed by atoms with E-state index in [4.69, 9.17) is 14.6 Å². The van der Waals surface area contributed by atoms with E-state index >= 15 is 0 Å². The largest absolute Gasteiger partial charge is 0.477 e. The highest BCUT2D eigenvalue weighted by atomic mass is 16.5. The summed E-state index contributed by atoms with van der Waals surface area (Å²) in [7, 11) is 1.71. The van der Waals surface area contributed by atoms with Crippen molar-refractivity contribution in [1.82, 2.24) is 9.88 Å². The van der Waals surface area contributed by atoms with E-state index in [2.05, 4.69) is 4.98 Å². The molecule has 1 aliphatic heterocycles. The van der Waals surface area contributed by atoms with Gasteiger partial charge in [-0.3, -0.25) is 4.79 Å². The van der Waals surface area contributed by atoms with E-state index in [0.717, 1.165) is 19.3 Å². The highest BCUT2D eigenvalue weighted by Crippen LogP contribution is 2.34. The van der Waals surface area contributed by atoms with Crippen molar-refractivity contribution < 1.29 is 24.2 Å². The number of carbonyl (C=O) groups excluding carboxylic acids is 1. The Hall–Kier alpha value is -1.99. The Morgan fingerprint density at radius 1 is 1.42 bits per heavy atom. The number of pyridine rings is 1. The molecule has 3 unspecified atom stereocenters. The van der Waals surface area contributed by atoms with Crippen molar-refractivity contribution in [3.05, 3.63) is 29.6 Å². The first-order valence-electron chi connectivity index (χ1n) is 8.22. The third kappa shape index (κ3) is 3.27. The van der Waals surface area contributed by atoms with Gasteiger partial charge in [-0.25, -0.2) is 9.78 Å². The van der Waals surface area contributed by atoms with Gasteiger partial charge in [0.2, 0.25) is 0 Å². The van der Waals surface area contributed by atoms with E-state index < -0.39 is 5.97 Å². The zero-order valence-electron chi connectivity index (χ0n) is 13.7. The highest BCUT2D eigenvalue weighted by molar-refractivity contribution is 5.96. The van der Waals surface area contributed by atoms with E-state index in [-0.39, 0.29) is 29.7 Å². The molecule has 1 saturated heterocycles. The van der Waals surface area contributed by atoms with Gasteiger partial charge in [0.05, 0.1) is 25.4 Å². The maximum absolute atomic E-state index is 12.9. The topological polar surface area (TPSA) is 89.0 Å². The SMILES string of the molecule is COC1CCCC1C1COCCN1C(=O)c1ccnc(C(=O)O)c1. The van der Waals surface area contributed by atoms with Crippen LogP contribution in [0.25, 0.3) is 0 Å². The fourth-order valence-electron chi connectivity index (χ4n) is 3.76. The molecule has 3 atom stereocenters. The number of hydrogen-bond donors (Lipinski definition) is 1. The monoisotopic (exact) mass is 334 g/mol. The number of nitrogens with zero attached hydrogens (tertiary/aromatic N) is 2. The molecule has 2 heterocycles. The van der Waals surface area contributed by atoms with Crippen LogP contribution in [0.4, 0.5) is 0 Å². The van der Waals surface area contributed by atoms with Crippen molar-refractivity contribution in [3.63, 3.8) is 0 Å². The van der Waals surface area contributed by atoms with Crippen molar-refractivity contribution >= 4 is 11.9 Å². The summed E-state index contributed by atoms with van der Waals surface area (Å²) in [6.45, 7) is 1.48. The lowest BCUT2D eigenvalue weighted by molar-refractivity contribution is -0.0460. The number of carbonyl (C=O) groups is 2. The van der Waals surface area contributed by atoms with Crippen LogP contribution >= 0.6 is 0 Å². The zero-order valence-corrected chi connectivity index (χ0v) is 13.7. The minimum Gasteiger partial charge on any atom is -0.477 e. The Kier molecular flexibility index (Phi) is 5.11. The fourth-order valence-corrected chi connectivity index (χ4v) is 3.76. The summed E-state index contributed by atoms with van der Waals surface area (Å²) < 4.78 is 11.2. The van der Waals surface area contributed by atoms with Crippen molar-refractivity contribution in [2.24, 2.45) is 5.92 Å². The van der Waals surface area contributed by atoms with Crippen LogP contribution in [0, 0.1) is 5.92 Å². The number of hydrogen-bond acceptors (Lipinski definition) is 5. The second-order valence-electron chi connectivity index (χ2n) is 6.24. The Bertz CT molecular complexity index is 621. The number of ether oxygens (including phenoxy) is 2. The summed E-state index contributed by atoms with van der Waals surface area (Å²) in [5.74, 6) is -1.06. The van der Waals surface area contributed by atoms with Crippen LogP contribution in [0.1, 0.15) is 40.1 Å². The maximum atomic E-state index is 12.9. The predicted molar refractivity (Wildman–Crippen MR) is 85.0 cm³/mol. The average molecular weight is 334 g/mol. The van der Waals surface area contributed by atoms with Crippen LogP contribution in [0.2, 0.25) is 0 Å². The molecule has 130 valence electrons. The van der Waals surface area contributed by atoms with Gasteiger partial charge in [0, 0.05) is 31.3 Å². The summed E-state index contributed by atoms with van der Waals surface area (Å²) in [5.41, 5.74) is 0.225. The maximum Gasteiger partial charge on any atom is 0.354 e. The summed E-state index contributed by atoms with van der Waals surface area (Å²) >= 11 is 0. The van der Waals surface area contributed by atoms with Crippen molar-refractivity contribution in [2.75, 3.05) is 26.9 Å². The van der Waals surface area contributed by atoms with Crippen molar-refractivity contribution in [1.29, 1.82) is 0 Å².